The summed E-state index contributed by atoms with van der Waals surface area (Å²) in [4.78, 5) is 11.2. The molecular formula is C27H40F3NO2. The lowest BCUT2D eigenvalue weighted by molar-refractivity contribution is -0.136. The van der Waals surface area contributed by atoms with Crippen molar-refractivity contribution in [2.24, 2.45) is 0 Å². The number of nitrogens with one attached hydrogen (secondary N) is 1. The van der Waals surface area contributed by atoms with Crippen molar-refractivity contribution in [3.63, 3.8) is 0 Å². The lowest BCUT2D eigenvalue weighted by Gasteiger charge is -2.07. The number of carbonyl (C=O) groups excluding carboxylic acids is 1. The quantitative estimate of drug-likeness (QED) is 0.143. The van der Waals surface area contributed by atoms with E-state index >= 15 is 0 Å². The van der Waals surface area contributed by atoms with Gasteiger partial charge in [-0.1, -0.05) is 76.5 Å². The fourth-order valence-electron chi connectivity index (χ4n) is 3.59. The molecule has 0 fully saturated rings. The number of carbonyl (C=O) groups is 1. The van der Waals surface area contributed by atoms with Crippen LogP contribution in [0.25, 0.3) is 0 Å². The molecule has 1 aromatic carbocycles. The zero-order chi connectivity index (χ0) is 24.2. The van der Waals surface area contributed by atoms with E-state index in [-0.39, 0.29) is 6.42 Å². The van der Waals surface area contributed by atoms with Gasteiger partial charge in [-0.15, -0.1) is 0 Å². The maximum atomic E-state index is 12.0. The third-order valence-electron chi connectivity index (χ3n) is 5.44. The highest BCUT2D eigenvalue weighted by Gasteiger charge is 2.25. The van der Waals surface area contributed by atoms with Crippen LogP contribution in [-0.4, -0.2) is 25.3 Å². The lowest BCUT2D eigenvalue weighted by atomic mass is 10.0. The highest BCUT2D eigenvalue weighted by Crippen LogP contribution is 2.23. The molecule has 1 aromatic rings. The summed E-state index contributed by atoms with van der Waals surface area (Å²) in [7, 11) is 0. The Bertz CT molecular complexity index is 690. The predicted octanol–water partition coefficient (Wildman–Crippen LogP) is 8.04. The number of rotatable bonds is 17. The van der Waals surface area contributed by atoms with Crippen molar-refractivity contribution in [2.75, 3.05) is 18.5 Å². The molecule has 0 aliphatic heterocycles. The normalized spacial score (nSPS) is 11.0. The fraction of sp³-hybridized carbons (Fsp3) is 0.667. The Labute approximate surface area is 197 Å². The van der Waals surface area contributed by atoms with Gasteiger partial charge in [0.1, 0.15) is 0 Å². The van der Waals surface area contributed by atoms with Crippen LogP contribution in [0.4, 0.5) is 18.9 Å². The maximum absolute atomic E-state index is 12.0. The first-order chi connectivity index (χ1) is 15.9. The van der Waals surface area contributed by atoms with Gasteiger partial charge >= 0.3 is 12.1 Å². The first-order valence-electron chi connectivity index (χ1n) is 12.5. The minimum atomic E-state index is -3.99. The number of anilines is 1. The van der Waals surface area contributed by atoms with Crippen molar-refractivity contribution < 1.29 is 22.7 Å². The molecule has 0 aliphatic rings. The topological polar surface area (TPSA) is 38.3 Å². The van der Waals surface area contributed by atoms with Crippen LogP contribution in [0.15, 0.2) is 24.3 Å². The second-order valence-corrected chi connectivity index (χ2v) is 8.44. The van der Waals surface area contributed by atoms with Gasteiger partial charge < -0.3 is 10.1 Å². The van der Waals surface area contributed by atoms with E-state index in [1.54, 1.807) is 6.92 Å². The maximum Gasteiger partial charge on any atom is 0.389 e. The van der Waals surface area contributed by atoms with Crippen LogP contribution in [0.5, 0.6) is 0 Å². The molecular weight excluding hydrogens is 427 g/mol. The Morgan fingerprint density at radius 1 is 0.818 bits per heavy atom. The number of halogens is 3. The number of hydrogen-bond donors (Lipinski definition) is 1. The molecule has 6 heteroatoms. The molecule has 0 spiro atoms. The molecule has 3 nitrogen and oxygen atoms in total. The second-order valence-electron chi connectivity index (χ2n) is 8.44. The molecule has 0 radical (unpaired) electrons. The van der Waals surface area contributed by atoms with E-state index in [1.807, 2.05) is 24.3 Å². The standard InChI is InChI=1S/C27H40F3NO2/c1-2-33-26(32)21-18-24-16-19-25(20-17-24)31-23-15-13-11-9-7-5-3-4-6-8-10-12-14-22-27(28,29)30/h16-17,19-20,31H,2-15,22-23H2,1H3. The number of esters is 1. The van der Waals surface area contributed by atoms with Crippen LogP contribution in [0.1, 0.15) is 102 Å². The summed E-state index contributed by atoms with van der Waals surface area (Å²) < 4.78 is 40.9. The van der Waals surface area contributed by atoms with Crippen LogP contribution in [0, 0.1) is 11.8 Å². The number of unbranched alkanes of at least 4 members (excludes halogenated alkanes) is 12. The molecule has 1 N–H and O–H groups in total. The summed E-state index contributed by atoms with van der Waals surface area (Å²) in [5.74, 6) is 4.75. The molecule has 0 atom stereocenters. The summed E-state index contributed by atoms with van der Waals surface area (Å²) in [5, 5.41) is 3.41. The molecule has 0 saturated heterocycles. The van der Waals surface area contributed by atoms with Crippen LogP contribution in [0.3, 0.4) is 0 Å². The van der Waals surface area contributed by atoms with E-state index in [9.17, 15) is 18.0 Å². The number of ether oxygens (including phenoxy) is 1. The van der Waals surface area contributed by atoms with E-state index < -0.39 is 18.6 Å². The predicted molar refractivity (Wildman–Crippen MR) is 129 cm³/mol. The summed E-state index contributed by atoms with van der Waals surface area (Å²) in [6.45, 7) is 3.03. The van der Waals surface area contributed by atoms with Crippen LogP contribution in [0.2, 0.25) is 0 Å². The lowest BCUT2D eigenvalue weighted by Crippen LogP contribution is -2.06. The van der Waals surface area contributed by atoms with Gasteiger partial charge in [-0.05, 0) is 44.0 Å². The molecule has 33 heavy (non-hydrogen) atoms. The van der Waals surface area contributed by atoms with Gasteiger partial charge in [0, 0.05) is 30.1 Å². The first kappa shape index (κ1) is 28.9. The smallest absolute Gasteiger partial charge is 0.389 e. The number of hydrogen-bond acceptors (Lipinski definition) is 3. The molecule has 186 valence electrons. The van der Waals surface area contributed by atoms with Crippen molar-refractivity contribution in [3.8, 4) is 11.8 Å². The van der Waals surface area contributed by atoms with Gasteiger partial charge in [-0.2, -0.15) is 13.2 Å². The van der Waals surface area contributed by atoms with Gasteiger partial charge in [-0.3, -0.25) is 0 Å². The van der Waals surface area contributed by atoms with E-state index in [2.05, 4.69) is 17.2 Å². The van der Waals surface area contributed by atoms with E-state index in [0.29, 0.717) is 13.0 Å². The average molecular weight is 468 g/mol. The summed E-state index contributed by atoms with van der Waals surface area (Å²) in [5.41, 5.74) is 1.84. The Hall–Kier alpha value is -2.16. The molecule has 0 unspecified atom stereocenters. The summed E-state index contributed by atoms with van der Waals surface area (Å²) >= 11 is 0. The minimum Gasteiger partial charge on any atom is -0.456 e. The van der Waals surface area contributed by atoms with E-state index in [1.165, 1.54) is 44.9 Å². The van der Waals surface area contributed by atoms with Crippen molar-refractivity contribution in [3.05, 3.63) is 29.8 Å². The third-order valence-corrected chi connectivity index (χ3v) is 5.44. The van der Waals surface area contributed by atoms with Crippen LogP contribution in [-0.2, 0) is 9.53 Å². The van der Waals surface area contributed by atoms with Gasteiger partial charge in [0.15, 0.2) is 0 Å². The molecule has 0 aliphatic carbocycles. The second kappa shape index (κ2) is 18.3. The van der Waals surface area contributed by atoms with Crippen molar-refractivity contribution in [1.29, 1.82) is 0 Å². The van der Waals surface area contributed by atoms with Crippen LogP contribution < -0.4 is 5.32 Å². The van der Waals surface area contributed by atoms with Crippen molar-refractivity contribution in [1.82, 2.24) is 0 Å². The zero-order valence-electron chi connectivity index (χ0n) is 20.1. The van der Waals surface area contributed by atoms with Crippen LogP contribution >= 0.6 is 0 Å². The SMILES string of the molecule is CCOC(=O)C#Cc1ccc(NCCCCCCCCCCCCCCCC(F)(F)F)cc1. The third kappa shape index (κ3) is 18.0. The zero-order valence-corrected chi connectivity index (χ0v) is 20.1. The van der Waals surface area contributed by atoms with Gasteiger partial charge in [-0.25, -0.2) is 4.79 Å². The molecule has 0 bridgehead atoms. The first-order valence-corrected chi connectivity index (χ1v) is 12.5. The molecule has 0 amide bonds. The highest BCUT2D eigenvalue weighted by atomic mass is 19.4. The van der Waals surface area contributed by atoms with Crippen molar-refractivity contribution in [2.45, 2.75) is 103 Å². The fourth-order valence-corrected chi connectivity index (χ4v) is 3.59. The number of benzene rings is 1. The number of alkyl halides is 3. The average Bonchev–Trinajstić information content (AvgIpc) is 2.77. The Kier molecular flexibility index (Phi) is 16.0. The Morgan fingerprint density at radius 3 is 1.79 bits per heavy atom. The Balaban J connectivity index is 1.90. The summed E-state index contributed by atoms with van der Waals surface area (Å²) in [6.07, 6.45) is 9.35. The summed E-state index contributed by atoms with van der Waals surface area (Å²) in [6, 6.07) is 7.72. The van der Waals surface area contributed by atoms with Gasteiger partial charge in [0.05, 0.1) is 6.61 Å². The van der Waals surface area contributed by atoms with E-state index in [4.69, 9.17) is 4.74 Å². The Morgan fingerprint density at radius 2 is 1.30 bits per heavy atom. The monoisotopic (exact) mass is 467 g/mol. The van der Waals surface area contributed by atoms with Crippen molar-refractivity contribution >= 4 is 11.7 Å². The minimum absolute atomic E-state index is 0.277. The largest absolute Gasteiger partial charge is 0.456 e. The molecule has 0 aromatic heterocycles. The molecule has 0 heterocycles. The van der Waals surface area contributed by atoms with E-state index in [0.717, 1.165) is 43.5 Å². The molecule has 0 saturated carbocycles. The molecule has 1 rings (SSSR count). The highest BCUT2D eigenvalue weighted by molar-refractivity contribution is 5.89. The van der Waals surface area contributed by atoms with Gasteiger partial charge in [0.25, 0.3) is 0 Å². The van der Waals surface area contributed by atoms with Gasteiger partial charge in [0.2, 0.25) is 0 Å².